The van der Waals surface area contributed by atoms with Gasteiger partial charge in [-0.2, -0.15) is 0 Å². The van der Waals surface area contributed by atoms with Crippen LogP contribution in [0.1, 0.15) is 10.4 Å². The molecule has 0 atom stereocenters. The van der Waals surface area contributed by atoms with E-state index in [0.717, 1.165) is 17.4 Å². The van der Waals surface area contributed by atoms with Gasteiger partial charge in [0.1, 0.15) is 11.5 Å². The number of para-hydroxylation sites is 1. The Kier molecular flexibility index (Phi) is 6.05. The third kappa shape index (κ3) is 4.88. The largest absolute Gasteiger partial charge is 0.457 e. The van der Waals surface area contributed by atoms with Crippen LogP contribution < -0.4 is 9.47 Å². The zero-order chi connectivity index (χ0) is 22.5. The molecule has 9 heteroatoms. The maximum Gasteiger partial charge on any atom is 0.346 e. The van der Waals surface area contributed by atoms with Gasteiger partial charge >= 0.3 is 5.97 Å². The molecule has 0 saturated heterocycles. The molecule has 32 heavy (non-hydrogen) atoms. The number of non-ortho nitro benzene ring substituents is 1. The standard InChI is InChI=1S/C23H14ClN3O5/c24-20-14-16(27(29)30)8-11-19(20)23(28)32-22-13-12-21(25-26-22)15-6-9-18(10-7-15)31-17-4-2-1-3-5-17/h1-14H. The van der Waals surface area contributed by atoms with Crippen LogP contribution in [-0.2, 0) is 0 Å². The van der Waals surface area contributed by atoms with Crippen LogP contribution in [0.25, 0.3) is 11.3 Å². The van der Waals surface area contributed by atoms with E-state index < -0.39 is 10.9 Å². The number of hydrogen-bond donors (Lipinski definition) is 0. The van der Waals surface area contributed by atoms with E-state index in [9.17, 15) is 14.9 Å². The highest BCUT2D eigenvalue weighted by molar-refractivity contribution is 6.33. The molecule has 4 rings (SSSR count). The van der Waals surface area contributed by atoms with E-state index in [1.54, 1.807) is 6.07 Å². The molecule has 0 N–H and O–H groups in total. The van der Waals surface area contributed by atoms with Crippen molar-refractivity contribution < 1.29 is 19.2 Å². The summed E-state index contributed by atoms with van der Waals surface area (Å²) in [5, 5.41) is 18.7. The summed E-state index contributed by atoms with van der Waals surface area (Å²) in [7, 11) is 0. The Morgan fingerprint density at radius 2 is 1.59 bits per heavy atom. The number of rotatable bonds is 6. The van der Waals surface area contributed by atoms with E-state index in [-0.39, 0.29) is 22.2 Å². The lowest BCUT2D eigenvalue weighted by molar-refractivity contribution is -0.384. The molecule has 0 aliphatic carbocycles. The molecular weight excluding hydrogens is 434 g/mol. The number of carbonyl (C=O) groups is 1. The predicted octanol–water partition coefficient (Wildman–Crippen LogP) is 5.72. The van der Waals surface area contributed by atoms with Crippen molar-refractivity contribution in [3.05, 3.63) is 106 Å². The molecule has 4 aromatic rings. The molecule has 0 aliphatic rings. The fourth-order valence-corrected chi connectivity index (χ4v) is 3.03. The quantitative estimate of drug-likeness (QED) is 0.211. The topological polar surface area (TPSA) is 104 Å². The zero-order valence-corrected chi connectivity index (χ0v) is 17.1. The summed E-state index contributed by atoms with van der Waals surface area (Å²) in [5.41, 5.74) is 1.13. The van der Waals surface area contributed by atoms with Crippen molar-refractivity contribution in [2.45, 2.75) is 0 Å². The molecule has 0 bridgehead atoms. The predicted molar refractivity (Wildman–Crippen MR) is 117 cm³/mol. The van der Waals surface area contributed by atoms with Crippen molar-refractivity contribution in [2.24, 2.45) is 0 Å². The summed E-state index contributed by atoms with van der Waals surface area (Å²) in [6, 6.07) is 23.4. The van der Waals surface area contributed by atoms with Crippen molar-refractivity contribution in [3.8, 4) is 28.6 Å². The molecule has 0 spiro atoms. The minimum Gasteiger partial charge on any atom is -0.457 e. The van der Waals surface area contributed by atoms with Gasteiger partial charge in [0, 0.05) is 23.8 Å². The van der Waals surface area contributed by atoms with Crippen LogP contribution in [0.2, 0.25) is 5.02 Å². The molecule has 1 aromatic heterocycles. The first-order valence-electron chi connectivity index (χ1n) is 9.33. The Morgan fingerprint density at radius 1 is 0.875 bits per heavy atom. The first-order valence-corrected chi connectivity index (χ1v) is 9.70. The second-order valence-electron chi connectivity index (χ2n) is 6.51. The second-order valence-corrected chi connectivity index (χ2v) is 6.91. The average Bonchev–Trinajstić information content (AvgIpc) is 2.80. The van der Waals surface area contributed by atoms with Crippen LogP contribution >= 0.6 is 11.6 Å². The number of esters is 1. The first kappa shape index (κ1) is 21.0. The van der Waals surface area contributed by atoms with Gasteiger partial charge in [-0.25, -0.2) is 4.79 Å². The number of carbonyl (C=O) groups excluding carboxylic acids is 1. The molecule has 1 heterocycles. The van der Waals surface area contributed by atoms with Crippen molar-refractivity contribution in [1.82, 2.24) is 10.2 Å². The van der Waals surface area contributed by atoms with E-state index in [1.165, 1.54) is 18.2 Å². The van der Waals surface area contributed by atoms with Gasteiger partial charge in [0.2, 0.25) is 5.88 Å². The normalized spacial score (nSPS) is 10.4. The van der Waals surface area contributed by atoms with Gasteiger partial charge in [-0.3, -0.25) is 10.1 Å². The third-order valence-corrected chi connectivity index (χ3v) is 4.66. The number of hydrogen-bond acceptors (Lipinski definition) is 7. The van der Waals surface area contributed by atoms with Gasteiger partial charge in [-0.1, -0.05) is 29.8 Å². The monoisotopic (exact) mass is 447 g/mol. The number of nitro groups is 1. The fourth-order valence-electron chi connectivity index (χ4n) is 2.78. The number of nitrogens with zero attached hydrogens (tertiary/aromatic N) is 3. The summed E-state index contributed by atoms with van der Waals surface area (Å²) in [6.07, 6.45) is 0. The summed E-state index contributed by atoms with van der Waals surface area (Å²) >= 11 is 5.95. The SMILES string of the molecule is O=C(Oc1ccc(-c2ccc(Oc3ccccc3)cc2)nn1)c1ccc([N+](=O)[O-])cc1Cl. The van der Waals surface area contributed by atoms with E-state index in [0.29, 0.717) is 11.4 Å². The van der Waals surface area contributed by atoms with Crippen molar-refractivity contribution in [1.29, 1.82) is 0 Å². The lowest BCUT2D eigenvalue weighted by Gasteiger charge is -2.07. The fraction of sp³-hybridized carbons (Fsp3) is 0. The van der Waals surface area contributed by atoms with Gasteiger partial charge in [-0.05, 0) is 48.5 Å². The second kappa shape index (κ2) is 9.23. The molecule has 0 fully saturated rings. The number of ether oxygens (including phenoxy) is 2. The van der Waals surface area contributed by atoms with Crippen LogP contribution in [-0.4, -0.2) is 21.1 Å². The Hall–Kier alpha value is -4.30. The van der Waals surface area contributed by atoms with Gasteiger partial charge in [0.05, 0.1) is 21.2 Å². The molecule has 158 valence electrons. The maximum absolute atomic E-state index is 12.3. The smallest absolute Gasteiger partial charge is 0.346 e. The van der Waals surface area contributed by atoms with E-state index in [4.69, 9.17) is 21.1 Å². The summed E-state index contributed by atoms with van der Waals surface area (Å²) in [5.74, 6) is 0.587. The van der Waals surface area contributed by atoms with Gasteiger partial charge in [0.25, 0.3) is 5.69 Å². The number of nitro benzene ring substituents is 1. The average molecular weight is 448 g/mol. The molecule has 3 aromatic carbocycles. The Morgan fingerprint density at radius 3 is 2.22 bits per heavy atom. The maximum atomic E-state index is 12.3. The van der Waals surface area contributed by atoms with Crippen LogP contribution in [0.3, 0.4) is 0 Å². The van der Waals surface area contributed by atoms with E-state index in [1.807, 2.05) is 54.6 Å². The van der Waals surface area contributed by atoms with Crippen molar-refractivity contribution in [2.75, 3.05) is 0 Å². The minimum atomic E-state index is -0.797. The minimum absolute atomic E-state index is 0.0165. The summed E-state index contributed by atoms with van der Waals surface area (Å²) in [6.45, 7) is 0. The molecule has 0 saturated carbocycles. The summed E-state index contributed by atoms with van der Waals surface area (Å²) in [4.78, 5) is 22.5. The Balaban J connectivity index is 1.43. The molecule has 0 amide bonds. The van der Waals surface area contributed by atoms with Gasteiger partial charge in [0.15, 0.2) is 0 Å². The lowest BCUT2D eigenvalue weighted by atomic mass is 10.1. The Labute approximate surface area is 187 Å². The van der Waals surface area contributed by atoms with E-state index in [2.05, 4.69) is 10.2 Å². The van der Waals surface area contributed by atoms with Crippen LogP contribution in [0.4, 0.5) is 5.69 Å². The van der Waals surface area contributed by atoms with E-state index >= 15 is 0 Å². The zero-order valence-electron chi connectivity index (χ0n) is 16.3. The van der Waals surface area contributed by atoms with Gasteiger partial charge < -0.3 is 9.47 Å². The Bertz CT molecular complexity index is 1260. The van der Waals surface area contributed by atoms with Crippen molar-refractivity contribution >= 4 is 23.3 Å². The van der Waals surface area contributed by atoms with Gasteiger partial charge in [-0.15, -0.1) is 10.2 Å². The van der Waals surface area contributed by atoms with Crippen molar-refractivity contribution in [3.63, 3.8) is 0 Å². The van der Waals surface area contributed by atoms with Crippen LogP contribution in [0.5, 0.6) is 17.4 Å². The number of aromatic nitrogens is 2. The first-order chi connectivity index (χ1) is 15.5. The van der Waals surface area contributed by atoms with Crippen LogP contribution in [0.15, 0.2) is 84.9 Å². The third-order valence-electron chi connectivity index (χ3n) is 4.35. The van der Waals surface area contributed by atoms with Crippen LogP contribution in [0, 0.1) is 10.1 Å². The summed E-state index contributed by atoms with van der Waals surface area (Å²) < 4.78 is 10.9. The number of halogens is 1. The molecule has 0 aliphatic heterocycles. The highest BCUT2D eigenvalue weighted by Crippen LogP contribution is 2.26. The number of benzene rings is 3. The highest BCUT2D eigenvalue weighted by atomic mass is 35.5. The highest BCUT2D eigenvalue weighted by Gasteiger charge is 2.17. The molecule has 8 nitrogen and oxygen atoms in total. The molecular formula is C23H14ClN3O5. The molecule has 0 unspecified atom stereocenters. The lowest BCUT2D eigenvalue weighted by Crippen LogP contribution is -2.10. The molecule has 0 radical (unpaired) electrons.